The van der Waals surface area contributed by atoms with Crippen molar-refractivity contribution in [2.24, 2.45) is 0 Å². The van der Waals surface area contributed by atoms with Gasteiger partial charge in [0.2, 0.25) is 5.88 Å². The van der Waals surface area contributed by atoms with Gasteiger partial charge in [0.15, 0.2) is 11.6 Å². The fourth-order valence-electron chi connectivity index (χ4n) is 2.83. The molecule has 0 atom stereocenters. The molecule has 2 heterocycles. The van der Waals surface area contributed by atoms with E-state index in [9.17, 15) is 0 Å². The highest BCUT2D eigenvalue weighted by Gasteiger charge is 2.14. The molecular formula is C21H18ClN5O. The predicted molar refractivity (Wildman–Crippen MR) is 112 cm³/mol. The number of rotatable bonds is 4. The van der Waals surface area contributed by atoms with E-state index < -0.39 is 0 Å². The number of hydrogen-bond donors (Lipinski definition) is 2. The molecule has 0 amide bonds. The molecule has 0 aliphatic heterocycles. The number of nitrogens with zero attached hydrogens (tertiary/aromatic N) is 3. The van der Waals surface area contributed by atoms with Gasteiger partial charge in [0, 0.05) is 21.8 Å². The van der Waals surface area contributed by atoms with Crippen LogP contribution < -0.4 is 15.8 Å². The standard InChI is InChI=1S/C21H18ClN5O/c1-12-9-10-14-5-3-8-17(19(14)26-12)28-21-18(23)20(24-11-25-21)27-16-7-4-6-15(22)13(16)2/h3-11H,23H2,1-2H3,(H,24,25,27). The van der Waals surface area contributed by atoms with Gasteiger partial charge in [-0.05, 0) is 43.7 Å². The van der Waals surface area contributed by atoms with Gasteiger partial charge < -0.3 is 15.8 Å². The summed E-state index contributed by atoms with van der Waals surface area (Å²) < 4.78 is 6.01. The van der Waals surface area contributed by atoms with Gasteiger partial charge in [0.05, 0.1) is 0 Å². The smallest absolute Gasteiger partial charge is 0.248 e. The molecule has 3 N–H and O–H groups in total. The Hall–Kier alpha value is -3.38. The second-order valence-electron chi connectivity index (χ2n) is 6.36. The van der Waals surface area contributed by atoms with Crippen LogP contribution in [-0.2, 0) is 0 Å². The van der Waals surface area contributed by atoms with Crippen molar-refractivity contribution in [3.05, 3.63) is 71.1 Å². The third kappa shape index (κ3) is 3.42. The highest BCUT2D eigenvalue weighted by molar-refractivity contribution is 6.31. The first-order valence-electron chi connectivity index (χ1n) is 8.70. The molecule has 0 saturated carbocycles. The summed E-state index contributed by atoms with van der Waals surface area (Å²) in [6.45, 7) is 3.86. The zero-order chi connectivity index (χ0) is 19.7. The molecule has 0 aliphatic rings. The summed E-state index contributed by atoms with van der Waals surface area (Å²) in [6, 6.07) is 15.3. The molecule has 4 aromatic rings. The van der Waals surface area contributed by atoms with Crippen molar-refractivity contribution in [3.63, 3.8) is 0 Å². The van der Waals surface area contributed by atoms with Crippen molar-refractivity contribution in [1.82, 2.24) is 15.0 Å². The second-order valence-corrected chi connectivity index (χ2v) is 6.77. The van der Waals surface area contributed by atoms with E-state index in [0.717, 1.165) is 27.8 Å². The quantitative estimate of drug-likeness (QED) is 0.483. The molecule has 0 bridgehead atoms. The summed E-state index contributed by atoms with van der Waals surface area (Å²) in [7, 11) is 0. The Balaban J connectivity index is 1.70. The van der Waals surface area contributed by atoms with Gasteiger partial charge in [-0.1, -0.05) is 35.9 Å². The predicted octanol–water partition coefficient (Wildman–Crippen LogP) is 5.41. The van der Waals surface area contributed by atoms with Crippen molar-refractivity contribution in [2.45, 2.75) is 13.8 Å². The van der Waals surface area contributed by atoms with Crippen LogP contribution in [0.2, 0.25) is 5.02 Å². The number of nitrogens with two attached hydrogens (primary N) is 1. The molecule has 2 aromatic carbocycles. The molecule has 0 aliphatic carbocycles. The number of nitrogen functional groups attached to an aromatic ring is 1. The molecule has 0 spiro atoms. The Labute approximate surface area is 167 Å². The summed E-state index contributed by atoms with van der Waals surface area (Å²) in [6.07, 6.45) is 1.40. The number of halogens is 1. The van der Waals surface area contributed by atoms with Crippen LogP contribution >= 0.6 is 11.6 Å². The number of nitrogens with one attached hydrogen (secondary N) is 1. The number of anilines is 3. The Morgan fingerprint density at radius 1 is 1.00 bits per heavy atom. The van der Waals surface area contributed by atoms with Crippen LogP contribution in [0.3, 0.4) is 0 Å². The largest absolute Gasteiger partial charge is 0.435 e. The van der Waals surface area contributed by atoms with Gasteiger partial charge >= 0.3 is 0 Å². The SMILES string of the molecule is Cc1ccc2cccc(Oc3ncnc(Nc4cccc(Cl)c4C)c3N)c2n1. The lowest BCUT2D eigenvalue weighted by atomic mass is 10.2. The van der Waals surface area contributed by atoms with E-state index in [4.69, 9.17) is 22.1 Å². The molecule has 2 aromatic heterocycles. The van der Waals surface area contributed by atoms with E-state index >= 15 is 0 Å². The van der Waals surface area contributed by atoms with Crippen molar-refractivity contribution < 1.29 is 4.74 Å². The number of ether oxygens (including phenoxy) is 1. The van der Waals surface area contributed by atoms with E-state index in [1.54, 1.807) is 0 Å². The van der Waals surface area contributed by atoms with Gasteiger partial charge in [-0.3, -0.25) is 0 Å². The van der Waals surface area contributed by atoms with E-state index in [2.05, 4.69) is 20.3 Å². The molecule has 4 rings (SSSR count). The molecule has 6 nitrogen and oxygen atoms in total. The van der Waals surface area contributed by atoms with Crippen molar-refractivity contribution >= 4 is 39.7 Å². The van der Waals surface area contributed by atoms with Gasteiger partial charge in [-0.25, -0.2) is 9.97 Å². The minimum atomic E-state index is 0.257. The summed E-state index contributed by atoms with van der Waals surface area (Å²) in [4.78, 5) is 13.0. The Morgan fingerprint density at radius 3 is 2.68 bits per heavy atom. The second kappa shape index (κ2) is 7.32. The van der Waals surface area contributed by atoms with Crippen LogP contribution in [-0.4, -0.2) is 15.0 Å². The lowest BCUT2D eigenvalue weighted by Gasteiger charge is -2.14. The van der Waals surface area contributed by atoms with E-state index in [1.165, 1.54) is 6.33 Å². The van der Waals surface area contributed by atoms with Crippen LogP contribution in [0.15, 0.2) is 54.9 Å². The normalized spacial score (nSPS) is 10.8. The van der Waals surface area contributed by atoms with E-state index in [0.29, 0.717) is 22.3 Å². The monoisotopic (exact) mass is 391 g/mol. The van der Waals surface area contributed by atoms with Crippen molar-refractivity contribution in [2.75, 3.05) is 11.1 Å². The third-order valence-corrected chi connectivity index (χ3v) is 4.81. The molecule has 0 fully saturated rings. The number of pyridine rings is 1. The van der Waals surface area contributed by atoms with Crippen molar-refractivity contribution in [3.8, 4) is 11.6 Å². The number of benzene rings is 2. The molecule has 7 heteroatoms. The van der Waals surface area contributed by atoms with Crippen LogP contribution in [0.1, 0.15) is 11.3 Å². The van der Waals surface area contributed by atoms with Gasteiger partial charge in [0.1, 0.15) is 17.5 Å². The Morgan fingerprint density at radius 2 is 1.82 bits per heavy atom. The highest BCUT2D eigenvalue weighted by Crippen LogP contribution is 2.35. The minimum absolute atomic E-state index is 0.257. The summed E-state index contributed by atoms with van der Waals surface area (Å²) in [5.74, 6) is 1.28. The van der Waals surface area contributed by atoms with E-state index in [1.807, 2.05) is 62.4 Å². The van der Waals surface area contributed by atoms with Crippen LogP contribution in [0, 0.1) is 13.8 Å². The molecule has 28 heavy (non-hydrogen) atoms. The zero-order valence-electron chi connectivity index (χ0n) is 15.4. The first kappa shape index (κ1) is 18.0. The van der Waals surface area contributed by atoms with Crippen LogP contribution in [0.4, 0.5) is 17.2 Å². The summed E-state index contributed by atoms with van der Waals surface area (Å²) in [5, 5.41) is 4.83. The number of hydrogen-bond acceptors (Lipinski definition) is 6. The topological polar surface area (TPSA) is 86.0 Å². The average molecular weight is 392 g/mol. The maximum Gasteiger partial charge on any atom is 0.248 e. The van der Waals surface area contributed by atoms with Crippen molar-refractivity contribution in [1.29, 1.82) is 0 Å². The maximum atomic E-state index is 6.28. The first-order chi connectivity index (χ1) is 13.5. The van der Waals surface area contributed by atoms with Gasteiger partial charge in [-0.2, -0.15) is 4.98 Å². The number of aryl methyl sites for hydroxylation is 1. The number of aromatic nitrogens is 3. The molecular weight excluding hydrogens is 374 g/mol. The number of para-hydroxylation sites is 1. The van der Waals surface area contributed by atoms with Gasteiger partial charge in [0.25, 0.3) is 0 Å². The average Bonchev–Trinajstić information content (AvgIpc) is 2.69. The minimum Gasteiger partial charge on any atom is -0.435 e. The van der Waals surface area contributed by atoms with Gasteiger partial charge in [-0.15, -0.1) is 0 Å². The first-order valence-corrected chi connectivity index (χ1v) is 9.07. The summed E-state index contributed by atoms with van der Waals surface area (Å²) >= 11 is 6.19. The maximum absolute atomic E-state index is 6.28. The lowest BCUT2D eigenvalue weighted by molar-refractivity contribution is 0.469. The van der Waals surface area contributed by atoms with Crippen LogP contribution in [0.25, 0.3) is 10.9 Å². The fraction of sp³-hybridized carbons (Fsp3) is 0.0952. The van der Waals surface area contributed by atoms with E-state index in [-0.39, 0.29) is 5.88 Å². The number of fused-ring (bicyclic) bond motifs is 1. The fourth-order valence-corrected chi connectivity index (χ4v) is 3.01. The Kier molecular flexibility index (Phi) is 4.71. The Bertz CT molecular complexity index is 1180. The summed E-state index contributed by atoms with van der Waals surface area (Å²) in [5.41, 5.74) is 9.94. The third-order valence-electron chi connectivity index (χ3n) is 4.40. The highest BCUT2D eigenvalue weighted by atomic mass is 35.5. The zero-order valence-corrected chi connectivity index (χ0v) is 16.2. The molecule has 0 saturated heterocycles. The lowest BCUT2D eigenvalue weighted by Crippen LogP contribution is -2.04. The molecule has 0 radical (unpaired) electrons. The molecule has 140 valence electrons. The van der Waals surface area contributed by atoms with Crippen LogP contribution in [0.5, 0.6) is 11.6 Å². The molecule has 0 unspecified atom stereocenters.